The molecule has 0 aliphatic rings. The molecule has 0 aliphatic carbocycles. The van der Waals surface area contributed by atoms with E-state index in [2.05, 4.69) is 10.4 Å². The lowest BCUT2D eigenvalue weighted by molar-refractivity contribution is -0.127. The van der Waals surface area contributed by atoms with Crippen LogP contribution in [0.2, 0.25) is 0 Å². The molecule has 150 valence electrons. The lowest BCUT2D eigenvalue weighted by Crippen LogP contribution is -2.39. The minimum absolute atomic E-state index is 0.210. The molecule has 3 aromatic rings. The van der Waals surface area contributed by atoms with E-state index in [1.54, 1.807) is 13.0 Å². The maximum absolute atomic E-state index is 12.3. The van der Waals surface area contributed by atoms with E-state index in [1.165, 1.54) is 10.7 Å². The van der Waals surface area contributed by atoms with E-state index >= 15 is 0 Å². The third-order valence-corrected chi connectivity index (χ3v) is 4.44. The summed E-state index contributed by atoms with van der Waals surface area (Å²) in [5, 5.41) is 7.20. The van der Waals surface area contributed by atoms with Gasteiger partial charge in [0, 0.05) is 18.2 Å². The van der Waals surface area contributed by atoms with Gasteiger partial charge in [-0.25, -0.2) is 4.68 Å². The van der Waals surface area contributed by atoms with Crippen LogP contribution in [0.4, 0.5) is 0 Å². The fourth-order valence-electron chi connectivity index (χ4n) is 3.06. The summed E-state index contributed by atoms with van der Waals surface area (Å²) < 4.78 is 7.10. The van der Waals surface area contributed by atoms with Crippen LogP contribution >= 0.6 is 0 Å². The predicted molar refractivity (Wildman–Crippen MR) is 113 cm³/mol. The number of aryl methyl sites for hydroxylation is 2. The van der Waals surface area contributed by atoms with E-state index < -0.39 is 6.10 Å². The van der Waals surface area contributed by atoms with Gasteiger partial charge in [-0.15, -0.1) is 0 Å². The van der Waals surface area contributed by atoms with Crippen molar-refractivity contribution < 1.29 is 9.53 Å². The highest BCUT2D eigenvalue weighted by Crippen LogP contribution is 2.17. The molecule has 0 aliphatic heterocycles. The van der Waals surface area contributed by atoms with Gasteiger partial charge in [0.05, 0.1) is 12.2 Å². The molecule has 0 fully saturated rings. The Hall–Kier alpha value is -3.41. The molecule has 3 rings (SSSR count). The summed E-state index contributed by atoms with van der Waals surface area (Å²) in [6, 6.07) is 18.7. The minimum Gasteiger partial charge on any atom is -0.481 e. The van der Waals surface area contributed by atoms with Crippen molar-refractivity contribution in [1.82, 2.24) is 15.1 Å². The molecule has 1 atom stereocenters. The summed E-state index contributed by atoms with van der Waals surface area (Å²) in [5.74, 6) is 0.426. The zero-order valence-corrected chi connectivity index (χ0v) is 16.9. The molecule has 0 radical (unpaired) electrons. The first-order valence-corrected chi connectivity index (χ1v) is 9.58. The molecule has 2 aromatic carbocycles. The van der Waals surface area contributed by atoms with Crippen LogP contribution in [0.5, 0.6) is 5.75 Å². The average molecular weight is 391 g/mol. The number of aromatic nitrogens is 2. The number of hydrogen-bond donors (Lipinski definition) is 1. The molecule has 6 heteroatoms. The smallest absolute Gasteiger partial charge is 0.266 e. The topological polar surface area (TPSA) is 73.2 Å². The van der Waals surface area contributed by atoms with Crippen LogP contribution in [0, 0.1) is 13.8 Å². The van der Waals surface area contributed by atoms with Gasteiger partial charge in [-0.1, -0.05) is 36.4 Å². The first kappa shape index (κ1) is 20.3. The molecule has 29 heavy (non-hydrogen) atoms. The van der Waals surface area contributed by atoms with E-state index in [4.69, 9.17) is 4.74 Å². The molecule has 1 unspecified atom stereocenters. The van der Waals surface area contributed by atoms with Gasteiger partial charge in [0.25, 0.3) is 11.5 Å². The van der Waals surface area contributed by atoms with Gasteiger partial charge >= 0.3 is 0 Å². The Morgan fingerprint density at radius 1 is 1.07 bits per heavy atom. The van der Waals surface area contributed by atoms with Crippen molar-refractivity contribution in [1.29, 1.82) is 0 Å². The fraction of sp³-hybridized carbons (Fsp3) is 0.261. The van der Waals surface area contributed by atoms with Gasteiger partial charge in [0.2, 0.25) is 0 Å². The van der Waals surface area contributed by atoms with Crippen LogP contribution in [0.3, 0.4) is 0 Å². The lowest BCUT2D eigenvalue weighted by Gasteiger charge is -2.16. The normalized spacial score (nSPS) is 11.7. The second kappa shape index (κ2) is 9.19. The number of hydrogen-bond acceptors (Lipinski definition) is 4. The Balaban J connectivity index is 1.58. The Morgan fingerprint density at radius 3 is 2.45 bits per heavy atom. The Labute approximate surface area is 170 Å². The summed E-state index contributed by atoms with van der Waals surface area (Å²) in [5.41, 5.74) is 3.59. The summed E-state index contributed by atoms with van der Waals surface area (Å²) >= 11 is 0. The highest BCUT2D eigenvalue weighted by atomic mass is 16.5. The summed E-state index contributed by atoms with van der Waals surface area (Å²) in [7, 11) is 0. The van der Waals surface area contributed by atoms with Crippen molar-refractivity contribution in [3.05, 3.63) is 82.1 Å². The Morgan fingerprint density at radius 2 is 1.76 bits per heavy atom. The van der Waals surface area contributed by atoms with Gasteiger partial charge < -0.3 is 10.1 Å². The monoisotopic (exact) mass is 391 g/mol. The molecule has 1 N–H and O–H groups in total. The Kier molecular flexibility index (Phi) is 6.44. The zero-order valence-electron chi connectivity index (χ0n) is 16.9. The Bertz CT molecular complexity index is 1020. The van der Waals surface area contributed by atoms with Gasteiger partial charge in [0.15, 0.2) is 6.10 Å². The highest BCUT2D eigenvalue weighted by molar-refractivity contribution is 5.80. The lowest BCUT2D eigenvalue weighted by atomic mass is 10.1. The van der Waals surface area contributed by atoms with Crippen molar-refractivity contribution in [3.63, 3.8) is 0 Å². The summed E-state index contributed by atoms with van der Waals surface area (Å²) in [6.45, 7) is 6.23. The zero-order chi connectivity index (χ0) is 20.8. The van der Waals surface area contributed by atoms with E-state index in [1.807, 2.05) is 62.4 Å². The van der Waals surface area contributed by atoms with Crippen LogP contribution in [-0.4, -0.2) is 28.3 Å². The van der Waals surface area contributed by atoms with Crippen LogP contribution < -0.4 is 15.6 Å². The van der Waals surface area contributed by atoms with Gasteiger partial charge in [0.1, 0.15) is 5.75 Å². The van der Waals surface area contributed by atoms with E-state index in [9.17, 15) is 9.59 Å². The molecule has 0 bridgehead atoms. The number of nitrogens with one attached hydrogen (secondary N) is 1. The first-order chi connectivity index (χ1) is 13.9. The summed E-state index contributed by atoms with van der Waals surface area (Å²) in [4.78, 5) is 24.4. The molecule has 1 amide bonds. The van der Waals surface area contributed by atoms with Crippen molar-refractivity contribution in [2.45, 2.75) is 33.4 Å². The third-order valence-electron chi connectivity index (χ3n) is 4.44. The van der Waals surface area contributed by atoms with Gasteiger partial charge in [-0.05, 0) is 50.1 Å². The SMILES string of the molecule is Cc1cc(C)cc(OC(C)C(=O)NCCn2nc(-c3ccccc3)ccc2=O)c1. The van der Waals surface area contributed by atoms with Crippen molar-refractivity contribution in [2.75, 3.05) is 6.54 Å². The molecule has 0 saturated heterocycles. The largest absolute Gasteiger partial charge is 0.481 e. The number of ether oxygens (including phenoxy) is 1. The van der Waals surface area contributed by atoms with Crippen LogP contribution in [-0.2, 0) is 11.3 Å². The predicted octanol–water partition coefficient (Wildman–Crippen LogP) is 3.11. The number of amides is 1. The van der Waals surface area contributed by atoms with Gasteiger partial charge in [-0.2, -0.15) is 5.10 Å². The number of rotatable bonds is 7. The second-order valence-corrected chi connectivity index (χ2v) is 7.02. The van der Waals surface area contributed by atoms with E-state index in [0.29, 0.717) is 11.4 Å². The van der Waals surface area contributed by atoms with Gasteiger partial charge in [-0.3, -0.25) is 9.59 Å². The molecule has 1 heterocycles. The van der Waals surface area contributed by atoms with Crippen molar-refractivity contribution in [3.8, 4) is 17.0 Å². The summed E-state index contributed by atoms with van der Waals surface area (Å²) in [6.07, 6.45) is -0.642. The quantitative estimate of drug-likeness (QED) is 0.672. The maximum atomic E-state index is 12.3. The minimum atomic E-state index is -0.642. The average Bonchev–Trinajstić information content (AvgIpc) is 2.69. The number of nitrogens with zero attached hydrogens (tertiary/aromatic N) is 2. The molecule has 0 saturated carbocycles. The second-order valence-electron chi connectivity index (χ2n) is 7.02. The number of benzene rings is 2. The number of carbonyl (C=O) groups excluding carboxylic acids is 1. The van der Waals surface area contributed by atoms with Crippen molar-refractivity contribution >= 4 is 5.91 Å². The standard InChI is InChI=1S/C23H25N3O3/c1-16-13-17(2)15-20(14-16)29-18(3)23(28)24-11-12-26-22(27)10-9-21(25-26)19-7-5-4-6-8-19/h4-10,13-15,18H,11-12H2,1-3H3,(H,24,28). The third kappa shape index (κ3) is 5.54. The van der Waals surface area contributed by atoms with Crippen LogP contribution in [0.25, 0.3) is 11.3 Å². The van der Waals surface area contributed by atoms with E-state index in [0.717, 1.165) is 16.7 Å². The fourth-order valence-corrected chi connectivity index (χ4v) is 3.06. The van der Waals surface area contributed by atoms with Crippen LogP contribution in [0.15, 0.2) is 65.5 Å². The van der Waals surface area contributed by atoms with Crippen molar-refractivity contribution in [2.24, 2.45) is 0 Å². The number of carbonyl (C=O) groups is 1. The first-order valence-electron chi connectivity index (χ1n) is 9.58. The van der Waals surface area contributed by atoms with E-state index in [-0.39, 0.29) is 24.6 Å². The molecule has 1 aromatic heterocycles. The molecule has 6 nitrogen and oxygen atoms in total. The molecular weight excluding hydrogens is 366 g/mol. The molecular formula is C23H25N3O3. The maximum Gasteiger partial charge on any atom is 0.266 e. The highest BCUT2D eigenvalue weighted by Gasteiger charge is 2.14. The molecule has 0 spiro atoms. The van der Waals surface area contributed by atoms with Crippen LogP contribution in [0.1, 0.15) is 18.1 Å².